The van der Waals surface area contributed by atoms with Gasteiger partial charge < -0.3 is 10.1 Å². The SMILES string of the molecule is O=C(O[C@H](C(=O)Nc1ccc(Cl)cc1C(F)(F)F)c1ccccc1)c1ccc(S(=O)(=O)N2CCCCC2)cc1. The summed E-state index contributed by atoms with van der Waals surface area (Å²) in [6.45, 7) is 0.841. The number of halogens is 4. The van der Waals surface area contributed by atoms with Gasteiger partial charge in [0, 0.05) is 23.7 Å². The van der Waals surface area contributed by atoms with Crippen LogP contribution in [0.3, 0.4) is 0 Å². The number of benzene rings is 3. The molecule has 1 fully saturated rings. The van der Waals surface area contributed by atoms with Gasteiger partial charge in [0.05, 0.1) is 21.7 Å². The van der Waals surface area contributed by atoms with E-state index >= 15 is 0 Å². The Balaban J connectivity index is 1.56. The van der Waals surface area contributed by atoms with Gasteiger partial charge in [0.25, 0.3) is 5.91 Å². The number of ether oxygens (including phenoxy) is 1. The van der Waals surface area contributed by atoms with E-state index in [1.54, 1.807) is 18.2 Å². The molecule has 1 aliphatic heterocycles. The number of amides is 1. The number of rotatable bonds is 7. The van der Waals surface area contributed by atoms with Gasteiger partial charge in [-0.25, -0.2) is 13.2 Å². The van der Waals surface area contributed by atoms with Crippen molar-refractivity contribution in [3.05, 3.63) is 94.5 Å². The van der Waals surface area contributed by atoms with E-state index < -0.39 is 45.4 Å². The van der Waals surface area contributed by atoms with Gasteiger partial charge in [-0.05, 0) is 55.3 Å². The van der Waals surface area contributed by atoms with Gasteiger partial charge >= 0.3 is 12.1 Å². The number of anilines is 1. The van der Waals surface area contributed by atoms with Crippen molar-refractivity contribution >= 4 is 39.2 Å². The number of alkyl halides is 3. The second kappa shape index (κ2) is 11.8. The molecule has 0 bridgehead atoms. The van der Waals surface area contributed by atoms with E-state index in [9.17, 15) is 31.2 Å². The van der Waals surface area contributed by atoms with Crippen LogP contribution in [0, 0.1) is 0 Å². The summed E-state index contributed by atoms with van der Waals surface area (Å²) in [5.41, 5.74) is -1.54. The lowest BCUT2D eigenvalue weighted by Gasteiger charge is -2.25. The molecule has 0 saturated carbocycles. The summed E-state index contributed by atoms with van der Waals surface area (Å²) >= 11 is 5.72. The Morgan fingerprint density at radius 3 is 2.18 bits per heavy atom. The average Bonchev–Trinajstić information content (AvgIpc) is 2.93. The van der Waals surface area contributed by atoms with Crippen molar-refractivity contribution in [1.82, 2.24) is 4.31 Å². The third-order valence-electron chi connectivity index (χ3n) is 6.15. The second-order valence-corrected chi connectivity index (χ2v) is 11.2. The molecule has 1 atom stereocenters. The van der Waals surface area contributed by atoms with Crippen LogP contribution in [-0.4, -0.2) is 37.7 Å². The highest BCUT2D eigenvalue weighted by Crippen LogP contribution is 2.37. The van der Waals surface area contributed by atoms with Crippen molar-refractivity contribution in [1.29, 1.82) is 0 Å². The van der Waals surface area contributed by atoms with Crippen LogP contribution < -0.4 is 5.32 Å². The molecule has 0 radical (unpaired) electrons. The third-order valence-corrected chi connectivity index (χ3v) is 8.30. The van der Waals surface area contributed by atoms with Crippen LogP contribution in [0.4, 0.5) is 18.9 Å². The van der Waals surface area contributed by atoms with Crippen LogP contribution in [0.5, 0.6) is 0 Å². The van der Waals surface area contributed by atoms with E-state index in [1.165, 1.54) is 46.8 Å². The number of hydrogen-bond acceptors (Lipinski definition) is 5. The molecular formula is C27H24ClF3N2O5S. The maximum Gasteiger partial charge on any atom is 0.418 e. The highest BCUT2D eigenvalue weighted by atomic mass is 35.5. The van der Waals surface area contributed by atoms with Gasteiger partial charge in [-0.15, -0.1) is 0 Å². The fraction of sp³-hybridized carbons (Fsp3) is 0.259. The lowest BCUT2D eigenvalue weighted by Crippen LogP contribution is -2.35. The summed E-state index contributed by atoms with van der Waals surface area (Å²) in [7, 11) is -3.72. The van der Waals surface area contributed by atoms with Crippen molar-refractivity contribution in [3.63, 3.8) is 0 Å². The molecule has 1 N–H and O–H groups in total. The summed E-state index contributed by atoms with van der Waals surface area (Å²) in [4.78, 5) is 26.1. The molecule has 1 aliphatic rings. The van der Waals surface area contributed by atoms with Crippen molar-refractivity contribution in [2.24, 2.45) is 0 Å². The first-order valence-corrected chi connectivity index (χ1v) is 13.8. The highest BCUT2D eigenvalue weighted by molar-refractivity contribution is 7.89. The van der Waals surface area contributed by atoms with Gasteiger partial charge in [-0.3, -0.25) is 4.79 Å². The van der Waals surface area contributed by atoms with Crippen molar-refractivity contribution < 1.29 is 35.9 Å². The molecule has 7 nitrogen and oxygen atoms in total. The number of nitrogens with zero attached hydrogens (tertiary/aromatic N) is 1. The number of sulfonamides is 1. The van der Waals surface area contributed by atoms with Crippen molar-refractivity contribution in [2.45, 2.75) is 36.4 Å². The average molecular weight is 581 g/mol. The van der Waals surface area contributed by atoms with E-state index in [0.29, 0.717) is 19.2 Å². The van der Waals surface area contributed by atoms with Crippen LogP contribution in [0.1, 0.15) is 46.9 Å². The summed E-state index contributed by atoms with van der Waals surface area (Å²) < 4.78 is 73.2. The number of carbonyl (C=O) groups excluding carboxylic acids is 2. The summed E-state index contributed by atoms with van der Waals surface area (Å²) in [5.74, 6) is -1.99. The molecular weight excluding hydrogens is 557 g/mol. The van der Waals surface area contributed by atoms with Gasteiger partial charge in [-0.1, -0.05) is 48.4 Å². The molecule has 0 unspecified atom stereocenters. The highest BCUT2D eigenvalue weighted by Gasteiger charge is 2.35. The van der Waals surface area contributed by atoms with E-state index in [2.05, 4.69) is 5.32 Å². The Bertz CT molecular complexity index is 1440. The lowest BCUT2D eigenvalue weighted by atomic mass is 10.1. The zero-order valence-electron chi connectivity index (χ0n) is 20.4. The van der Waals surface area contributed by atoms with Crippen molar-refractivity contribution in [3.8, 4) is 0 Å². The molecule has 39 heavy (non-hydrogen) atoms. The molecule has 3 aromatic rings. The predicted octanol–water partition coefficient (Wildman–Crippen LogP) is 6.07. The number of carbonyl (C=O) groups is 2. The topological polar surface area (TPSA) is 92.8 Å². The fourth-order valence-electron chi connectivity index (χ4n) is 4.15. The van der Waals surface area contributed by atoms with Crippen LogP contribution in [0.25, 0.3) is 0 Å². The molecule has 3 aromatic carbocycles. The Labute approximate surface area is 228 Å². The number of esters is 1. The minimum Gasteiger partial charge on any atom is -0.444 e. The van der Waals surface area contributed by atoms with E-state index in [1.807, 2.05) is 0 Å². The molecule has 1 heterocycles. The third kappa shape index (κ3) is 6.78. The molecule has 0 aromatic heterocycles. The molecule has 4 rings (SSSR count). The molecule has 0 aliphatic carbocycles. The Kier molecular flexibility index (Phi) is 8.63. The zero-order valence-corrected chi connectivity index (χ0v) is 22.0. The minimum absolute atomic E-state index is 0.0146. The van der Waals surface area contributed by atoms with Crippen LogP contribution in [0.15, 0.2) is 77.7 Å². The van der Waals surface area contributed by atoms with Crippen LogP contribution >= 0.6 is 11.6 Å². The standard InChI is InChI=1S/C27H24ClF3N2O5S/c28-20-11-14-23(22(17-20)27(29,30)31)32-25(34)24(18-7-3-1-4-8-18)38-26(35)19-9-12-21(13-10-19)39(36,37)33-15-5-2-6-16-33/h1,3-4,7-14,17,24H,2,5-6,15-16H2,(H,32,34)/t24-/m0/s1. The number of piperidine rings is 1. The Hall–Kier alpha value is -3.41. The summed E-state index contributed by atoms with van der Waals surface area (Å²) in [6.07, 6.45) is -3.90. The quantitative estimate of drug-likeness (QED) is 0.342. The minimum atomic E-state index is -4.80. The largest absolute Gasteiger partial charge is 0.444 e. The molecule has 206 valence electrons. The van der Waals surface area contributed by atoms with Gasteiger partial charge in [0.15, 0.2) is 0 Å². The van der Waals surface area contributed by atoms with E-state index in [-0.39, 0.29) is 21.0 Å². The normalized spacial score (nSPS) is 15.4. The zero-order chi connectivity index (χ0) is 28.2. The first kappa shape index (κ1) is 28.6. The maximum absolute atomic E-state index is 13.5. The van der Waals surface area contributed by atoms with Gasteiger partial charge in [0.2, 0.25) is 16.1 Å². The Morgan fingerprint density at radius 2 is 1.56 bits per heavy atom. The predicted molar refractivity (Wildman–Crippen MR) is 139 cm³/mol. The lowest BCUT2D eigenvalue weighted by molar-refractivity contribution is -0.137. The van der Waals surface area contributed by atoms with Crippen LogP contribution in [-0.2, 0) is 25.7 Å². The monoisotopic (exact) mass is 580 g/mol. The molecule has 1 saturated heterocycles. The first-order chi connectivity index (χ1) is 18.5. The smallest absolute Gasteiger partial charge is 0.418 e. The van der Waals surface area contributed by atoms with Gasteiger partial charge in [0.1, 0.15) is 0 Å². The molecule has 0 spiro atoms. The molecule has 1 amide bonds. The first-order valence-electron chi connectivity index (χ1n) is 12.0. The Morgan fingerprint density at radius 1 is 0.923 bits per heavy atom. The summed E-state index contributed by atoms with van der Waals surface area (Å²) in [6, 6.07) is 15.7. The number of hydrogen-bond donors (Lipinski definition) is 1. The number of nitrogens with one attached hydrogen (secondary N) is 1. The maximum atomic E-state index is 13.5. The summed E-state index contributed by atoms with van der Waals surface area (Å²) in [5, 5.41) is 2.02. The van der Waals surface area contributed by atoms with Gasteiger partial charge in [-0.2, -0.15) is 17.5 Å². The van der Waals surface area contributed by atoms with E-state index in [0.717, 1.165) is 25.3 Å². The fourth-order valence-corrected chi connectivity index (χ4v) is 5.84. The van der Waals surface area contributed by atoms with E-state index in [4.69, 9.17) is 16.3 Å². The molecule has 12 heteroatoms. The van der Waals surface area contributed by atoms with Crippen molar-refractivity contribution in [2.75, 3.05) is 18.4 Å². The second-order valence-electron chi connectivity index (χ2n) is 8.86. The van der Waals surface area contributed by atoms with Crippen LogP contribution in [0.2, 0.25) is 5.02 Å².